The number of anilines is 1. The summed E-state index contributed by atoms with van der Waals surface area (Å²) in [4.78, 5) is 31.6. The molecule has 2 amide bonds. The third-order valence-electron chi connectivity index (χ3n) is 4.20. The second kappa shape index (κ2) is 9.92. The number of urea groups is 1. The van der Waals surface area contributed by atoms with Crippen LogP contribution in [-0.4, -0.2) is 40.7 Å². The lowest BCUT2D eigenvalue weighted by Gasteiger charge is -2.22. The number of amides is 2. The first-order valence-electron chi connectivity index (χ1n) is 9.73. The van der Waals surface area contributed by atoms with E-state index in [9.17, 15) is 9.59 Å². The lowest BCUT2D eigenvalue weighted by molar-refractivity contribution is 0.0516. The molecule has 0 radical (unpaired) electrons. The number of esters is 1. The molecule has 2 aromatic rings. The largest absolute Gasteiger partial charge is 0.461 e. The quantitative estimate of drug-likeness (QED) is 0.704. The van der Waals surface area contributed by atoms with E-state index in [1.807, 2.05) is 51.1 Å². The van der Waals surface area contributed by atoms with Crippen molar-refractivity contribution in [2.45, 2.75) is 46.6 Å². The molecule has 0 bridgehead atoms. The van der Waals surface area contributed by atoms with E-state index in [0.29, 0.717) is 30.3 Å². The number of aromatic nitrogens is 2. The van der Waals surface area contributed by atoms with Gasteiger partial charge in [0.05, 0.1) is 6.61 Å². The number of benzene rings is 1. The number of carbonyl (C=O) groups excluding carboxylic acids is 2. The minimum absolute atomic E-state index is 0.0228. The molecular formula is C21H30N4O3. The van der Waals surface area contributed by atoms with Gasteiger partial charge in [-0.05, 0) is 32.8 Å². The molecule has 0 fully saturated rings. The van der Waals surface area contributed by atoms with Crippen LogP contribution in [0.2, 0.25) is 0 Å². The molecule has 1 aromatic heterocycles. The summed E-state index contributed by atoms with van der Waals surface area (Å²) < 4.78 is 6.97. The van der Waals surface area contributed by atoms with E-state index in [-0.39, 0.29) is 18.7 Å². The van der Waals surface area contributed by atoms with E-state index >= 15 is 0 Å². The van der Waals surface area contributed by atoms with Crippen LogP contribution in [0.4, 0.5) is 10.6 Å². The first-order valence-corrected chi connectivity index (χ1v) is 9.73. The number of nitrogens with zero attached hydrogens (tertiary/aromatic N) is 3. The molecule has 152 valence electrons. The molecule has 0 aliphatic carbocycles. The van der Waals surface area contributed by atoms with Crippen LogP contribution in [-0.2, 0) is 18.2 Å². The molecule has 0 saturated carbocycles. The molecular weight excluding hydrogens is 356 g/mol. The van der Waals surface area contributed by atoms with Gasteiger partial charge in [-0.2, -0.15) is 0 Å². The fourth-order valence-corrected chi connectivity index (χ4v) is 2.93. The summed E-state index contributed by atoms with van der Waals surface area (Å²) in [7, 11) is 1.78. The summed E-state index contributed by atoms with van der Waals surface area (Å²) in [6.07, 6.45) is 1.29. The maximum absolute atomic E-state index is 12.8. The van der Waals surface area contributed by atoms with Crippen LogP contribution in [0.3, 0.4) is 0 Å². The van der Waals surface area contributed by atoms with Gasteiger partial charge in [0.25, 0.3) is 0 Å². The predicted octanol–water partition coefficient (Wildman–Crippen LogP) is 3.52. The summed E-state index contributed by atoms with van der Waals surface area (Å²) in [5.41, 5.74) is 1.37. The van der Waals surface area contributed by atoms with Crippen LogP contribution in [0.1, 0.15) is 56.0 Å². The average molecular weight is 386 g/mol. The fraction of sp³-hybridized carbons (Fsp3) is 0.476. The number of imidazole rings is 1. The van der Waals surface area contributed by atoms with Gasteiger partial charge in [0.1, 0.15) is 5.82 Å². The average Bonchev–Trinajstić information content (AvgIpc) is 2.96. The summed E-state index contributed by atoms with van der Waals surface area (Å²) in [6, 6.07) is 9.60. The molecule has 28 heavy (non-hydrogen) atoms. The number of carbonyl (C=O) groups is 2. The lowest BCUT2D eigenvalue weighted by atomic mass is 10.1. The van der Waals surface area contributed by atoms with Gasteiger partial charge in [0.15, 0.2) is 11.5 Å². The van der Waals surface area contributed by atoms with Crippen LogP contribution in [0.5, 0.6) is 0 Å². The molecule has 7 heteroatoms. The van der Waals surface area contributed by atoms with Gasteiger partial charge < -0.3 is 14.6 Å². The molecule has 7 nitrogen and oxygen atoms in total. The Morgan fingerprint density at radius 2 is 1.89 bits per heavy atom. The van der Waals surface area contributed by atoms with Gasteiger partial charge >= 0.3 is 12.0 Å². The topological polar surface area (TPSA) is 76.5 Å². The summed E-state index contributed by atoms with van der Waals surface area (Å²) >= 11 is 0. The van der Waals surface area contributed by atoms with E-state index in [0.717, 1.165) is 12.0 Å². The van der Waals surface area contributed by atoms with Crippen molar-refractivity contribution in [2.75, 3.05) is 18.1 Å². The fourth-order valence-electron chi connectivity index (χ4n) is 2.93. The van der Waals surface area contributed by atoms with Crippen molar-refractivity contribution in [3.05, 3.63) is 47.4 Å². The highest BCUT2D eigenvalue weighted by molar-refractivity contribution is 6.00. The Morgan fingerprint density at radius 1 is 1.21 bits per heavy atom. The van der Waals surface area contributed by atoms with Gasteiger partial charge in [-0.1, -0.05) is 37.3 Å². The highest BCUT2D eigenvalue weighted by atomic mass is 16.5. The Kier molecular flexibility index (Phi) is 7.61. The Balaban J connectivity index is 2.50. The zero-order valence-corrected chi connectivity index (χ0v) is 17.4. The third-order valence-corrected chi connectivity index (χ3v) is 4.20. The Hall–Kier alpha value is -2.83. The van der Waals surface area contributed by atoms with Crippen molar-refractivity contribution in [3.8, 4) is 0 Å². The van der Waals surface area contributed by atoms with Crippen molar-refractivity contribution in [3.63, 3.8) is 0 Å². The molecule has 0 saturated heterocycles. The Morgan fingerprint density at radius 3 is 2.46 bits per heavy atom. The SMILES string of the molecule is CCCN(C(=O)NC(C)C)c1nc(Cc2ccccc2)n(C)c1C(=O)OCC. The third kappa shape index (κ3) is 5.12. The first kappa shape index (κ1) is 21.5. The van der Waals surface area contributed by atoms with Crippen molar-refractivity contribution >= 4 is 17.8 Å². The van der Waals surface area contributed by atoms with Crippen LogP contribution in [0.15, 0.2) is 30.3 Å². The molecule has 1 N–H and O–H groups in total. The Labute approximate surface area is 166 Å². The molecule has 1 aromatic carbocycles. The van der Waals surface area contributed by atoms with Gasteiger partial charge in [0.2, 0.25) is 0 Å². The summed E-state index contributed by atoms with van der Waals surface area (Å²) in [5, 5.41) is 2.89. The van der Waals surface area contributed by atoms with E-state index in [4.69, 9.17) is 4.74 Å². The molecule has 0 spiro atoms. The van der Waals surface area contributed by atoms with E-state index in [1.54, 1.807) is 18.5 Å². The second-order valence-corrected chi connectivity index (χ2v) is 6.90. The minimum atomic E-state index is -0.481. The molecule has 2 rings (SSSR count). The normalized spacial score (nSPS) is 10.8. The van der Waals surface area contributed by atoms with Crippen LogP contribution >= 0.6 is 0 Å². The monoisotopic (exact) mass is 386 g/mol. The number of hydrogen-bond acceptors (Lipinski definition) is 4. The zero-order valence-electron chi connectivity index (χ0n) is 17.4. The van der Waals surface area contributed by atoms with E-state index < -0.39 is 5.97 Å². The summed E-state index contributed by atoms with van der Waals surface area (Å²) in [5.74, 6) is 0.555. The Bertz CT molecular complexity index is 799. The van der Waals surface area contributed by atoms with Crippen LogP contribution in [0.25, 0.3) is 0 Å². The van der Waals surface area contributed by atoms with E-state index in [1.165, 1.54) is 4.90 Å². The first-order chi connectivity index (χ1) is 13.4. The van der Waals surface area contributed by atoms with Gasteiger partial charge in [0, 0.05) is 26.1 Å². The molecule has 0 aliphatic rings. The smallest absolute Gasteiger partial charge is 0.358 e. The highest BCUT2D eigenvalue weighted by Gasteiger charge is 2.29. The van der Waals surface area contributed by atoms with E-state index in [2.05, 4.69) is 10.3 Å². The molecule has 0 atom stereocenters. The standard InChI is InChI=1S/C21H30N4O3/c1-6-13-25(21(27)22-15(3)4)19-18(20(26)28-7-2)24(5)17(23-19)14-16-11-9-8-10-12-16/h8-12,15H,6-7,13-14H2,1-5H3,(H,22,27). The van der Waals surface area contributed by atoms with Crippen molar-refractivity contribution in [1.82, 2.24) is 14.9 Å². The maximum Gasteiger partial charge on any atom is 0.358 e. The lowest BCUT2D eigenvalue weighted by Crippen LogP contribution is -2.44. The zero-order chi connectivity index (χ0) is 20.7. The van der Waals surface area contributed by atoms with Crippen molar-refractivity contribution < 1.29 is 14.3 Å². The number of nitrogens with one attached hydrogen (secondary N) is 1. The van der Waals surface area contributed by atoms with Gasteiger partial charge in [-0.25, -0.2) is 14.6 Å². The van der Waals surface area contributed by atoms with Gasteiger partial charge in [-0.3, -0.25) is 4.90 Å². The minimum Gasteiger partial charge on any atom is -0.461 e. The van der Waals surface area contributed by atoms with Crippen molar-refractivity contribution in [2.24, 2.45) is 7.05 Å². The van der Waals surface area contributed by atoms with Crippen molar-refractivity contribution in [1.29, 1.82) is 0 Å². The van der Waals surface area contributed by atoms with Crippen LogP contribution in [0, 0.1) is 0 Å². The highest BCUT2D eigenvalue weighted by Crippen LogP contribution is 2.24. The molecule has 0 aliphatic heterocycles. The van der Waals surface area contributed by atoms with Gasteiger partial charge in [-0.15, -0.1) is 0 Å². The maximum atomic E-state index is 12.8. The summed E-state index contributed by atoms with van der Waals surface area (Å²) in [6.45, 7) is 8.24. The molecule has 1 heterocycles. The number of rotatable bonds is 8. The predicted molar refractivity (Wildman–Crippen MR) is 110 cm³/mol. The van der Waals surface area contributed by atoms with Crippen LogP contribution < -0.4 is 10.2 Å². The number of ether oxygens (including phenoxy) is 1. The number of hydrogen-bond donors (Lipinski definition) is 1. The molecule has 0 unspecified atom stereocenters. The second-order valence-electron chi connectivity index (χ2n) is 6.90.